The topological polar surface area (TPSA) is 40.6 Å². The SMILES string of the molecule is CC(=O)N1CCN(CC(=O)c2ccc(Cl)cc2)CC1. The summed E-state index contributed by atoms with van der Waals surface area (Å²) < 4.78 is 0. The molecule has 0 spiro atoms. The molecule has 4 nitrogen and oxygen atoms in total. The van der Waals surface area contributed by atoms with Crippen LogP contribution in [0.4, 0.5) is 0 Å². The van der Waals surface area contributed by atoms with Crippen LogP contribution in [-0.4, -0.2) is 54.2 Å². The van der Waals surface area contributed by atoms with Crippen molar-refractivity contribution in [3.05, 3.63) is 34.9 Å². The Morgan fingerprint density at radius 3 is 2.21 bits per heavy atom. The summed E-state index contributed by atoms with van der Waals surface area (Å²) in [6, 6.07) is 6.94. The Morgan fingerprint density at radius 2 is 1.68 bits per heavy atom. The molecule has 0 N–H and O–H groups in total. The molecule has 0 aliphatic carbocycles. The van der Waals surface area contributed by atoms with E-state index in [4.69, 9.17) is 11.6 Å². The van der Waals surface area contributed by atoms with Crippen molar-refractivity contribution < 1.29 is 9.59 Å². The lowest BCUT2D eigenvalue weighted by Crippen LogP contribution is -2.49. The van der Waals surface area contributed by atoms with E-state index in [-0.39, 0.29) is 11.7 Å². The Kier molecular flexibility index (Phi) is 4.56. The normalized spacial score (nSPS) is 16.4. The lowest BCUT2D eigenvalue weighted by atomic mass is 10.1. The summed E-state index contributed by atoms with van der Waals surface area (Å²) in [5, 5.41) is 0.631. The van der Waals surface area contributed by atoms with Gasteiger partial charge < -0.3 is 4.90 Å². The van der Waals surface area contributed by atoms with Crippen LogP contribution in [0.2, 0.25) is 5.02 Å². The van der Waals surface area contributed by atoms with E-state index in [0.717, 1.165) is 13.1 Å². The van der Waals surface area contributed by atoms with Gasteiger partial charge in [0.2, 0.25) is 5.91 Å². The van der Waals surface area contributed by atoms with Crippen molar-refractivity contribution in [2.24, 2.45) is 0 Å². The number of Topliss-reactive ketones (excluding diaryl/α,β-unsaturated/α-hetero) is 1. The van der Waals surface area contributed by atoms with Gasteiger partial charge in [-0.2, -0.15) is 0 Å². The first-order chi connectivity index (χ1) is 9.06. The van der Waals surface area contributed by atoms with E-state index in [9.17, 15) is 9.59 Å². The van der Waals surface area contributed by atoms with Gasteiger partial charge in [-0.25, -0.2) is 0 Å². The van der Waals surface area contributed by atoms with Crippen molar-refractivity contribution in [2.45, 2.75) is 6.92 Å². The summed E-state index contributed by atoms with van der Waals surface area (Å²) in [6.07, 6.45) is 0. The third-order valence-corrected chi connectivity index (χ3v) is 3.60. The highest BCUT2D eigenvalue weighted by molar-refractivity contribution is 6.30. The zero-order valence-corrected chi connectivity index (χ0v) is 11.7. The van der Waals surface area contributed by atoms with Crippen LogP contribution in [-0.2, 0) is 4.79 Å². The standard InChI is InChI=1S/C14H17ClN2O2/c1-11(18)17-8-6-16(7-9-17)10-14(19)12-2-4-13(15)5-3-12/h2-5H,6-10H2,1H3. The van der Waals surface area contributed by atoms with Crippen molar-refractivity contribution >= 4 is 23.3 Å². The molecule has 0 bridgehead atoms. The predicted octanol–water partition coefficient (Wildman–Crippen LogP) is 1.69. The number of hydrogen-bond acceptors (Lipinski definition) is 3. The van der Waals surface area contributed by atoms with Crippen LogP contribution in [0.1, 0.15) is 17.3 Å². The Hall–Kier alpha value is -1.39. The molecular weight excluding hydrogens is 264 g/mol. The molecule has 0 atom stereocenters. The van der Waals surface area contributed by atoms with Crippen LogP contribution < -0.4 is 0 Å². The highest BCUT2D eigenvalue weighted by Gasteiger charge is 2.20. The van der Waals surface area contributed by atoms with Gasteiger partial charge in [0.05, 0.1) is 6.54 Å². The molecule has 1 fully saturated rings. The molecule has 0 unspecified atom stereocenters. The molecule has 1 aliphatic heterocycles. The van der Waals surface area contributed by atoms with Gasteiger partial charge in [0, 0.05) is 43.7 Å². The van der Waals surface area contributed by atoms with E-state index in [1.165, 1.54) is 0 Å². The maximum Gasteiger partial charge on any atom is 0.219 e. The first kappa shape index (κ1) is 14.0. The van der Waals surface area contributed by atoms with Crippen LogP contribution in [0.3, 0.4) is 0 Å². The van der Waals surface area contributed by atoms with E-state index < -0.39 is 0 Å². The van der Waals surface area contributed by atoms with Gasteiger partial charge in [0.25, 0.3) is 0 Å². The average Bonchev–Trinajstić information content (AvgIpc) is 2.40. The van der Waals surface area contributed by atoms with Crippen LogP contribution >= 0.6 is 11.6 Å². The molecule has 1 amide bonds. The van der Waals surface area contributed by atoms with Gasteiger partial charge in [0.15, 0.2) is 5.78 Å². The molecule has 0 aromatic heterocycles. The number of nitrogens with zero attached hydrogens (tertiary/aromatic N) is 2. The number of halogens is 1. The number of piperazine rings is 1. The van der Waals surface area contributed by atoms with Gasteiger partial charge in [-0.3, -0.25) is 14.5 Å². The molecule has 0 saturated carbocycles. The number of hydrogen-bond donors (Lipinski definition) is 0. The van der Waals surface area contributed by atoms with Gasteiger partial charge in [-0.15, -0.1) is 0 Å². The monoisotopic (exact) mass is 280 g/mol. The van der Waals surface area contributed by atoms with Gasteiger partial charge in [-0.05, 0) is 24.3 Å². The molecule has 1 saturated heterocycles. The Morgan fingerprint density at radius 1 is 1.11 bits per heavy atom. The zero-order valence-electron chi connectivity index (χ0n) is 10.9. The Labute approximate surface area is 117 Å². The molecule has 1 aliphatic rings. The maximum absolute atomic E-state index is 12.1. The molecule has 1 aromatic rings. The van der Waals surface area contributed by atoms with Crippen LogP contribution in [0.15, 0.2) is 24.3 Å². The van der Waals surface area contributed by atoms with Crippen molar-refractivity contribution in [2.75, 3.05) is 32.7 Å². The first-order valence-corrected chi connectivity index (χ1v) is 6.70. The molecule has 1 heterocycles. The summed E-state index contributed by atoms with van der Waals surface area (Å²) >= 11 is 5.79. The van der Waals surface area contributed by atoms with Crippen molar-refractivity contribution in [3.8, 4) is 0 Å². The van der Waals surface area contributed by atoms with Crippen LogP contribution in [0, 0.1) is 0 Å². The summed E-state index contributed by atoms with van der Waals surface area (Å²) in [5.74, 6) is 0.191. The highest BCUT2D eigenvalue weighted by atomic mass is 35.5. The molecule has 19 heavy (non-hydrogen) atoms. The molecule has 0 radical (unpaired) electrons. The zero-order chi connectivity index (χ0) is 13.8. The smallest absolute Gasteiger partial charge is 0.219 e. The minimum Gasteiger partial charge on any atom is -0.340 e. The second-order valence-corrected chi connectivity index (χ2v) is 5.15. The van der Waals surface area contributed by atoms with Gasteiger partial charge in [-0.1, -0.05) is 11.6 Å². The Bertz CT molecular complexity index is 465. The third-order valence-electron chi connectivity index (χ3n) is 3.35. The molecule has 1 aromatic carbocycles. The fraction of sp³-hybridized carbons (Fsp3) is 0.429. The van der Waals surface area contributed by atoms with Gasteiger partial charge in [0.1, 0.15) is 0 Å². The van der Waals surface area contributed by atoms with E-state index in [1.807, 2.05) is 4.90 Å². The lowest BCUT2D eigenvalue weighted by molar-refractivity contribution is -0.130. The maximum atomic E-state index is 12.1. The number of rotatable bonds is 3. The molecule has 2 rings (SSSR count). The highest BCUT2D eigenvalue weighted by Crippen LogP contribution is 2.11. The predicted molar refractivity (Wildman–Crippen MR) is 74.5 cm³/mol. The summed E-state index contributed by atoms with van der Waals surface area (Å²) in [7, 11) is 0. The van der Waals surface area contributed by atoms with Crippen molar-refractivity contribution in [3.63, 3.8) is 0 Å². The van der Waals surface area contributed by atoms with Gasteiger partial charge >= 0.3 is 0 Å². The molecule has 5 heteroatoms. The second kappa shape index (κ2) is 6.17. The fourth-order valence-electron chi connectivity index (χ4n) is 2.15. The average molecular weight is 281 g/mol. The number of benzene rings is 1. The fourth-order valence-corrected chi connectivity index (χ4v) is 2.28. The Balaban J connectivity index is 1.87. The summed E-state index contributed by atoms with van der Waals surface area (Å²) in [5.41, 5.74) is 0.679. The van der Waals surface area contributed by atoms with Crippen molar-refractivity contribution in [1.82, 2.24) is 9.80 Å². The number of ketones is 1. The molecule has 102 valence electrons. The minimum absolute atomic E-state index is 0.0907. The van der Waals surface area contributed by atoms with Crippen molar-refractivity contribution in [1.29, 1.82) is 0 Å². The second-order valence-electron chi connectivity index (χ2n) is 4.71. The van der Waals surface area contributed by atoms with E-state index in [0.29, 0.717) is 30.2 Å². The first-order valence-electron chi connectivity index (χ1n) is 6.33. The van der Waals surface area contributed by atoms with E-state index >= 15 is 0 Å². The summed E-state index contributed by atoms with van der Waals surface area (Å²) in [6.45, 7) is 4.87. The summed E-state index contributed by atoms with van der Waals surface area (Å²) in [4.78, 5) is 27.2. The van der Waals surface area contributed by atoms with E-state index in [2.05, 4.69) is 4.90 Å². The number of carbonyl (C=O) groups is 2. The largest absolute Gasteiger partial charge is 0.340 e. The quantitative estimate of drug-likeness (QED) is 0.791. The number of carbonyl (C=O) groups excluding carboxylic acids is 2. The molecular formula is C14H17ClN2O2. The lowest BCUT2D eigenvalue weighted by Gasteiger charge is -2.33. The van der Waals surface area contributed by atoms with Crippen LogP contribution in [0.25, 0.3) is 0 Å². The van der Waals surface area contributed by atoms with Crippen LogP contribution in [0.5, 0.6) is 0 Å². The number of amides is 1. The minimum atomic E-state index is 0.0907. The van der Waals surface area contributed by atoms with E-state index in [1.54, 1.807) is 31.2 Å². The third kappa shape index (κ3) is 3.78.